The Morgan fingerprint density at radius 2 is 1.94 bits per heavy atom. The molecular formula is C11H8Cl2FN3. The first-order chi connectivity index (χ1) is 8.04. The van der Waals surface area contributed by atoms with Crippen LogP contribution >= 0.6 is 23.2 Å². The van der Waals surface area contributed by atoms with Gasteiger partial charge in [0.1, 0.15) is 22.6 Å². The first-order valence-electron chi connectivity index (χ1n) is 4.78. The van der Waals surface area contributed by atoms with Crippen LogP contribution in [-0.4, -0.2) is 9.97 Å². The molecule has 6 heteroatoms. The standard InChI is InChI=1S/C11H8Cl2FN3/c1-6-15-10(13)5-11(16-6)17-7-2-3-9(14)8(12)4-7/h2-5H,1H3,(H,15,16,17). The molecule has 1 aromatic carbocycles. The zero-order chi connectivity index (χ0) is 12.4. The predicted octanol–water partition coefficient (Wildman–Crippen LogP) is 3.97. The van der Waals surface area contributed by atoms with Crippen LogP contribution in [-0.2, 0) is 0 Å². The number of aromatic nitrogens is 2. The summed E-state index contributed by atoms with van der Waals surface area (Å²) in [5.41, 5.74) is 0.630. The van der Waals surface area contributed by atoms with E-state index in [1.165, 1.54) is 12.1 Å². The molecule has 0 aliphatic heterocycles. The molecule has 0 aliphatic carbocycles. The Kier molecular flexibility index (Phi) is 3.45. The number of hydrogen-bond donors (Lipinski definition) is 1. The topological polar surface area (TPSA) is 37.8 Å². The van der Waals surface area contributed by atoms with Crippen molar-refractivity contribution < 1.29 is 4.39 Å². The number of nitrogens with one attached hydrogen (secondary N) is 1. The first kappa shape index (κ1) is 12.1. The lowest BCUT2D eigenvalue weighted by Gasteiger charge is -2.07. The quantitative estimate of drug-likeness (QED) is 0.840. The first-order valence-corrected chi connectivity index (χ1v) is 5.53. The molecule has 0 fully saturated rings. The number of anilines is 2. The van der Waals surface area contributed by atoms with Crippen molar-refractivity contribution >= 4 is 34.7 Å². The zero-order valence-corrected chi connectivity index (χ0v) is 10.3. The molecule has 0 radical (unpaired) electrons. The Hall–Kier alpha value is -1.39. The van der Waals surface area contributed by atoms with Crippen LogP contribution in [0.1, 0.15) is 5.82 Å². The molecule has 0 amide bonds. The lowest BCUT2D eigenvalue weighted by Crippen LogP contribution is -1.97. The van der Waals surface area contributed by atoms with E-state index in [1.807, 2.05) is 0 Å². The van der Waals surface area contributed by atoms with Gasteiger partial charge in [-0.1, -0.05) is 23.2 Å². The van der Waals surface area contributed by atoms with Gasteiger partial charge >= 0.3 is 0 Å². The van der Waals surface area contributed by atoms with Crippen molar-refractivity contribution in [1.82, 2.24) is 9.97 Å². The van der Waals surface area contributed by atoms with Gasteiger partial charge in [-0.2, -0.15) is 0 Å². The monoisotopic (exact) mass is 271 g/mol. The van der Waals surface area contributed by atoms with Crippen molar-refractivity contribution in [3.63, 3.8) is 0 Å². The van der Waals surface area contributed by atoms with E-state index < -0.39 is 5.82 Å². The molecule has 2 rings (SSSR count). The summed E-state index contributed by atoms with van der Waals surface area (Å²) in [6.07, 6.45) is 0. The smallest absolute Gasteiger partial charge is 0.141 e. The number of benzene rings is 1. The summed E-state index contributed by atoms with van der Waals surface area (Å²) in [5.74, 6) is 0.618. The zero-order valence-electron chi connectivity index (χ0n) is 8.84. The summed E-state index contributed by atoms with van der Waals surface area (Å²) >= 11 is 11.5. The molecule has 0 saturated carbocycles. The maximum Gasteiger partial charge on any atom is 0.141 e. The highest BCUT2D eigenvalue weighted by Gasteiger charge is 2.03. The molecule has 0 saturated heterocycles. The van der Waals surface area contributed by atoms with Crippen LogP contribution in [0, 0.1) is 12.7 Å². The number of nitrogens with zero attached hydrogens (tertiary/aromatic N) is 2. The molecule has 0 unspecified atom stereocenters. The van der Waals surface area contributed by atoms with Crippen molar-refractivity contribution in [2.24, 2.45) is 0 Å². The molecular weight excluding hydrogens is 264 g/mol. The highest BCUT2D eigenvalue weighted by Crippen LogP contribution is 2.22. The van der Waals surface area contributed by atoms with Crippen molar-refractivity contribution in [3.8, 4) is 0 Å². The molecule has 3 nitrogen and oxygen atoms in total. The minimum atomic E-state index is -0.464. The number of halogens is 3. The molecule has 88 valence electrons. The van der Waals surface area contributed by atoms with Crippen LogP contribution in [0.2, 0.25) is 10.2 Å². The summed E-state index contributed by atoms with van der Waals surface area (Å²) in [6, 6.07) is 5.89. The molecule has 0 bridgehead atoms. The largest absolute Gasteiger partial charge is 0.340 e. The van der Waals surface area contributed by atoms with Gasteiger partial charge < -0.3 is 5.32 Å². The van der Waals surface area contributed by atoms with Gasteiger partial charge in [0.2, 0.25) is 0 Å². The van der Waals surface area contributed by atoms with Crippen molar-refractivity contribution in [2.45, 2.75) is 6.92 Å². The maximum atomic E-state index is 13.0. The van der Waals surface area contributed by atoms with Crippen LogP contribution in [0.15, 0.2) is 24.3 Å². The molecule has 0 spiro atoms. The Morgan fingerprint density at radius 3 is 2.59 bits per heavy atom. The number of hydrogen-bond acceptors (Lipinski definition) is 3. The molecule has 17 heavy (non-hydrogen) atoms. The van der Waals surface area contributed by atoms with E-state index in [1.54, 1.807) is 19.1 Å². The van der Waals surface area contributed by atoms with Crippen LogP contribution < -0.4 is 5.32 Å². The third kappa shape index (κ3) is 3.05. The van der Waals surface area contributed by atoms with Gasteiger partial charge in [-0.3, -0.25) is 0 Å². The van der Waals surface area contributed by atoms with Gasteiger partial charge in [-0.05, 0) is 25.1 Å². The highest BCUT2D eigenvalue weighted by molar-refractivity contribution is 6.31. The van der Waals surface area contributed by atoms with E-state index in [-0.39, 0.29) is 5.02 Å². The fourth-order valence-corrected chi connectivity index (χ4v) is 1.72. The minimum absolute atomic E-state index is 0.0480. The summed E-state index contributed by atoms with van der Waals surface area (Å²) in [4.78, 5) is 8.07. The summed E-state index contributed by atoms with van der Waals surface area (Å²) in [6.45, 7) is 1.73. The fraction of sp³-hybridized carbons (Fsp3) is 0.0909. The van der Waals surface area contributed by atoms with Gasteiger partial charge in [-0.15, -0.1) is 0 Å². The third-order valence-electron chi connectivity index (χ3n) is 2.00. The van der Waals surface area contributed by atoms with E-state index >= 15 is 0 Å². The molecule has 0 atom stereocenters. The van der Waals surface area contributed by atoms with Crippen LogP contribution in [0.4, 0.5) is 15.9 Å². The number of aryl methyl sites for hydroxylation is 1. The normalized spacial score (nSPS) is 10.4. The highest BCUT2D eigenvalue weighted by atomic mass is 35.5. The van der Waals surface area contributed by atoms with Gasteiger partial charge in [0.15, 0.2) is 0 Å². The number of rotatable bonds is 2. The SMILES string of the molecule is Cc1nc(Cl)cc(Nc2ccc(F)c(Cl)c2)n1. The summed E-state index contributed by atoms with van der Waals surface area (Å²) in [5, 5.41) is 3.36. The maximum absolute atomic E-state index is 13.0. The summed E-state index contributed by atoms with van der Waals surface area (Å²) in [7, 11) is 0. The van der Waals surface area contributed by atoms with Gasteiger partial charge in [0.05, 0.1) is 5.02 Å². The average molecular weight is 272 g/mol. The molecule has 0 aliphatic rings. The van der Waals surface area contributed by atoms with Crippen LogP contribution in [0.25, 0.3) is 0 Å². The minimum Gasteiger partial charge on any atom is -0.340 e. The second-order valence-electron chi connectivity index (χ2n) is 3.38. The van der Waals surface area contributed by atoms with Crippen molar-refractivity contribution in [3.05, 3.63) is 46.1 Å². The van der Waals surface area contributed by atoms with E-state index in [2.05, 4.69) is 15.3 Å². The van der Waals surface area contributed by atoms with Crippen molar-refractivity contribution in [2.75, 3.05) is 5.32 Å². The summed E-state index contributed by atoms with van der Waals surface area (Å²) < 4.78 is 13.0. The fourth-order valence-electron chi connectivity index (χ4n) is 1.32. The van der Waals surface area contributed by atoms with E-state index in [0.717, 1.165) is 0 Å². The lowest BCUT2D eigenvalue weighted by molar-refractivity contribution is 0.628. The molecule has 1 aromatic heterocycles. The van der Waals surface area contributed by atoms with Gasteiger partial charge in [0, 0.05) is 11.8 Å². The van der Waals surface area contributed by atoms with Crippen molar-refractivity contribution in [1.29, 1.82) is 0 Å². The van der Waals surface area contributed by atoms with Gasteiger partial charge in [-0.25, -0.2) is 14.4 Å². The average Bonchev–Trinajstić information content (AvgIpc) is 2.22. The van der Waals surface area contributed by atoms with Gasteiger partial charge in [0.25, 0.3) is 0 Å². The Balaban J connectivity index is 2.28. The Morgan fingerprint density at radius 1 is 1.18 bits per heavy atom. The van der Waals surface area contributed by atoms with E-state index in [4.69, 9.17) is 23.2 Å². The Labute approximate surface area is 108 Å². The molecule has 1 heterocycles. The molecule has 2 aromatic rings. The molecule has 1 N–H and O–H groups in total. The Bertz CT molecular complexity index is 540. The lowest BCUT2D eigenvalue weighted by atomic mass is 10.3. The second-order valence-corrected chi connectivity index (χ2v) is 4.17. The van der Waals surface area contributed by atoms with Crippen LogP contribution in [0.5, 0.6) is 0 Å². The van der Waals surface area contributed by atoms with E-state index in [9.17, 15) is 4.39 Å². The van der Waals surface area contributed by atoms with E-state index in [0.29, 0.717) is 22.5 Å². The van der Waals surface area contributed by atoms with Crippen LogP contribution in [0.3, 0.4) is 0 Å². The second kappa shape index (κ2) is 4.85. The predicted molar refractivity (Wildman–Crippen MR) is 66.5 cm³/mol. The third-order valence-corrected chi connectivity index (χ3v) is 2.48.